The second-order valence-corrected chi connectivity index (χ2v) is 6.84. The number of benzene rings is 1. The number of allylic oxidation sites excluding steroid dienone is 2. The molecule has 3 nitrogen and oxygen atoms in total. The maximum atomic E-state index is 14.1. The molecule has 25 heavy (non-hydrogen) atoms. The van der Waals surface area contributed by atoms with Gasteiger partial charge in [0.05, 0.1) is 19.8 Å². The second kappa shape index (κ2) is 7.83. The van der Waals surface area contributed by atoms with E-state index in [0.717, 1.165) is 30.4 Å². The fourth-order valence-electron chi connectivity index (χ4n) is 3.37. The van der Waals surface area contributed by atoms with Crippen molar-refractivity contribution in [1.82, 2.24) is 0 Å². The zero-order valence-electron chi connectivity index (χ0n) is 14.9. The highest BCUT2D eigenvalue weighted by Gasteiger charge is 2.38. The highest BCUT2D eigenvalue weighted by molar-refractivity contribution is 5.67. The molecule has 1 heterocycles. The third-order valence-corrected chi connectivity index (χ3v) is 5.09. The van der Waals surface area contributed by atoms with Crippen LogP contribution in [0, 0.1) is 11.7 Å². The van der Waals surface area contributed by atoms with Crippen LogP contribution in [-0.4, -0.2) is 31.8 Å². The van der Waals surface area contributed by atoms with E-state index in [1.165, 1.54) is 6.07 Å². The number of hydrogen-bond acceptors (Lipinski definition) is 3. The Hall–Kier alpha value is -1.46. The van der Waals surface area contributed by atoms with E-state index >= 15 is 0 Å². The Balaban J connectivity index is 1.60. The van der Waals surface area contributed by atoms with Crippen molar-refractivity contribution < 1.29 is 23.0 Å². The van der Waals surface area contributed by atoms with Crippen molar-refractivity contribution in [2.24, 2.45) is 5.92 Å². The van der Waals surface area contributed by atoms with Crippen LogP contribution in [0.15, 0.2) is 24.3 Å². The van der Waals surface area contributed by atoms with Crippen molar-refractivity contribution in [3.8, 4) is 5.75 Å². The maximum Gasteiger partial charge on any atom is 0.165 e. The van der Waals surface area contributed by atoms with Gasteiger partial charge < -0.3 is 14.2 Å². The molecule has 0 radical (unpaired) electrons. The third-order valence-electron chi connectivity index (χ3n) is 5.09. The Morgan fingerprint density at radius 3 is 2.56 bits per heavy atom. The molecule has 1 unspecified atom stereocenters. The largest absolute Gasteiger partial charge is 0.491 e. The minimum absolute atomic E-state index is 0.103. The zero-order valence-corrected chi connectivity index (χ0v) is 14.9. The summed E-state index contributed by atoms with van der Waals surface area (Å²) < 4.78 is 44.7. The Morgan fingerprint density at radius 2 is 2.00 bits per heavy atom. The molecule has 1 aromatic rings. The molecule has 1 atom stereocenters. The van der Waals surface area contributed by atoms with Gasteiger partial charge >= 0.3 is 0 Å². The lowest BCUT2D eigenvalue weighted by Gasteiger charge is -2.38. The van der Waals surface area contributed by atoms with Gasteiger partial charge in [-0.3, -0.25) is 0 Å². The number of hydrogen-bond donors (Lipinski definition) is 0. The van der Waals surface area contributed by atoms with Crippen LogP contribution >= 0.6 is 0 Å². The lowest BCUT2D eigenvalue weighted by atomic mass is 9.86. The molecule has 1 aliphatic carbocycles. The van der Waals surface area contributed by atoms with Gasteiger partial charge in [0.25, 0.3) is 0 Å². The Morgan fingerprint density at radius 1 is 1.24 bits per heavy atom. The molecule has 0 N–H and O–H groups in total. The first-order valence-corrected chi connectivity index (χ1v) is 9.08. The van der Waals surface area contributed by atoms with Gasteiger partial charge in [-0.05, 0) is 55.9 Å². The molecule has 138 valence electrons. The van der Waals surface area contributed by atoms with Crippen LogP contribution in [0.2, 0.25) is 0 Å². The minimum atomic E-state index is -1.36. The van der Waals surface area contributed by atoms with Crippen LogP contribution in [0.4, 0.5) is 8.78 Å². The van der Waals surface area contributed by atoms with Crippen molar-refractivity contribution in [1.29, 1.82) is 0 Å². The molecular weight excluding hydrogens is 326 g/mol. The van der Waals surface area contributed by atoms with Crippen LogP contribution in [0.5, 0.6) is 5.75 Å². The van der Waals surface area contributed by atoms with Crippen LogP contribution in [0.25, 0.3) is 5.57 Å². The van der Waals surface area contributed by atoms with E-state index in [9.17, 15) is 8.78 Å². The predicted molar refractivity (Wildman–Crippen MR) is 92.7 cm³/mol. The first-order chi connectivity index (χ1) is 12.0. The summed E-state index contributed by atoms with van der Waals surface area (Å²) in [7, 11) is 0. The van der Waals surface area contributed by atoms with E-state index in [1.807, 2.05) is 13.0 Å². The van der Waals surface area contributed by atoms with Gasteiger partial charge in [-0.1, -0.05) is 19.1 Å². The average Bonchev–Trinajstić information content (AvgIpc) is 2.64. The van der Waals surface area contributed by atoms with Crippen molar-refractivity contribution in [2.45, 2.75) is 51.5 Å². The van der Waals surface area contributed by atoms with Gasteiger partial charge in [0.1, 0.15) is 0 Å². The summed E-state index contributed by atoms with van der Waals surface area (Å²) in [6.07, 6.45) is 4.68. The van der Waals surface area contributed by atoms with Crippen molar-refractivity contribution >= 4 is 5.57 Å². The van der Waals surface area contributed by atoms with E-state index in [1.54, 1.807) is 13.0 Å². The van der Waals surface area contributed by atoms with E-state index in [-0.39, 0.29) is 37.0 Å². The van der Waals surface area contributed by atoms with Crippen LogP contribution in [0.3, 0.4) is 0 Å². The van der Waals surface area contributed by atoms with Gasteiger partial charge in [-0.15, -0.1) is 0 Å². The van der Waals surface area contributed by atoms with Crippen LogP contribution in [-0.2, 0) is 9.47 Å². The minimum Gasteiger partial charge on any atom is -0.491 e. The molecule has 1 fully saturated rings. The van der Waals surface area contributed by atoms with Crippen molar-refractivity contribution in [3.63, 3.8) is 0 Å². The number of halogens is 2. The van der Waals surface area contributed by atoms with Gasteiger partial charge in [0.2, 0.25) is 0 Å². The highest BCUT2D eigenvalue weighted by atomic mass is 19.1. The molecular formula is C20H26F2O3. The molecule has 1 saturated heterocycles. The quantitative estimate of drug-likeness (QED) is 0.754. The average molecular weight is 352 g/mol. The maximum absolute atomic E-state index is 14.1. The van der Waals surface area contributed by atoms with Crippen molar-refractivity contribution in [2.75, 3.05) is 19.8 Å². The first-order valence-electron chi connectivity index (χ1n) is 9.08. The van der Waals surface area contributed by atoms with Gasteiger partial charge in [-0.2, -0.15) is 0 Å². The highest BCUT2D eigenvalue weighted by Crippen LogP contribution is 2.36. The first kappa shape index (κ1) is 18.3. The zero-order chi connectivity index (χ0) is 17.9. The lowest BCUT2D eigenvalue weighted by molar-refractivity contribution is -0.253. The summed E-state index contributed by atoms with van der Waals surface area (Å²) in [5, 5.41) is 0. The van der Waals surface area contributed by atoms with Gasteiger partial charge in [0.15, 0.2) is 23.5 Å². The molecule has 0 aromatic heterocycles. The molecule has 1 aromatic carbocycles. The summed E-state index contributed by atoms with van der Waals surface area (Å²) in [5.74, 6) is 0.174. The third kappa shape index (κ3) is 4.21. The monoisotopic (exact) mass is 352 g/mol. The lowest BCUT2D eigenvalue weighted by Crippen LogP contribution is -2.46. The van der Waals surface area contributed by atoms with Gasteiger partial charge in [-0.25, -0.2) is 8.78 Å². The Labute approximate surface area is 148 Å². The van der Waals surface area contributed by atoms with Crippen molar-refractivity contribution in [3.05, 3.63) is 35.7 Å². The Kier molecular flexibility index (Phi) is 5.74. The molecule has 1 aliphatic heterocycles. The fourth-order valence-corrected chi connectivity index (χ4v) is 3.37. The van der Waals surface area contributed by atoms with Crippen LogP contribution < -0.4 is 4.74 Å². The van der Waals surface area contributed by atoms with Crippen LogP contribution in [0.1, 0.15) is 45.1 Å². The topological polar surface area (TPSA) is 27.7 Å². The molecule has 3 rings (SSSR count). The summed E-state index contributed by atoms with van der Waals surface area (Å²) in [4.78, 5) is 0. The number of alkyl halides is 1. The molecule has 5 heteroatoms. The summed E-state index contributed by atoms with van der Waals surface area (Å²) >= 11 is 0. The number of rotatable bonds is 5. The molecule has 0 saturated carbocycles. The Bertz CT molecular complexity index is 621. The fraction of sp³-hybridized carbons (Fsp3) is 0.600. The van der Waals surface area contributed by atoms with E-state index in [0.29, 0.717) is 13.0 Å². The normalized spacial score (nSPS) is 30.0. The molecule has 0 amide bonds. The summed E-state index contributed by atoms with van der Waals surface area (Å²) in [5.41, 5.74) is 0.660. The van der Waals surface area contributed by atoms with E-state index < -0.39 is 5.67 Å². The number of ether oxygens (including phenoxy) is 3. The van der Waals surface area contributed by atoms with E-state index in [2.05, 4.69) is 6.08 Å². The molecule has 0 spiro atoms. The predicted octanol–water partition coefficient (Wildman–Crippen LogP) is 4.90. The SMILES string of the molecule is CCOc1ccc(C2=CCC(C3OCC(F)(CC)CO3)CC2)cc1F. The summed E-state index contributed by atoms with van der Waals surface area (Å²) in [6, 6.07) is 5.11. The molecule has 2 aliphatic rings. The standard InChI is InChI=1S/C20H26F2O3/c1-3-20(22)12-24-19(25-13-20)15-7-5-14(6-8-15)16-9-10-18(23-4-2)17(21)11-16/h5,9-11,15,19H,3-4,6-8,12-13H2,1-2H3. The smallest absolute Gasteiger partial charge is 0.165 e. The summed E-state index contributed by atoms with van der Waals surface area (Å²) in [6.45, 7) is 4.29. The van der Waals surface area contributed by atoms with Gasteiger partial charge in [0, 0.05) is 5.92 Å². The van der Waals surface area contributed by atoms with E-state index in [4.69, 9.17) is 14.2 Å². The molecule has 0 bridgehead atoms. The second-order valence-electron chi connectivity index (χ2n) is 6.84.